The summed E-state index contributed by atoms with van der Waals surface area (Å²) in [6.07, 6.45) is 5.23. The molecule has 3 rings (SSSR count). The highest BCUT2D eigenvalue weighted by Gasteiger charge is 2.17. The van der Waals surface area contributed by atoms with Gasteiger partial charge in [-0.1, -0.05) is 6.07 Å². The van der Waals surface area contributed by atoms with E-state index in [1.165, 1.54) is 4.90 Å². The number of anilines is 2. The number of urea groups is 1. The maximum atomic E-state index is 11.9. The first kappa shape index (κ1) is 14.9. The second-order valence-corrected chi connectivity index (χ2v) is 4.52. The van der Waals surface area contributed by atoms with Crippen molar-refractivity contribution in [3.63, 3.8) is 0 Å². The van der Waals surface area contributed by atoms with Crippen molar-refractivity contribution >= 4 is 40.7 Å². The molecule has 1 aromatic carbocycles. The molecule has 0 aliphatic rings. The van der Waals surface area contributed by atoms with Gasteiger partial charge in [-0.3, -0.25) is 9.88 Å². The predicted molar refractivity (Wildman–Crippen MR) is 86.1 cm³/mol. The maximum Gasteiger partial charge on any atom is 0.323 e. The summed E-state index contributed by atoms with van der Waals surface area (Å²) in [4.78, 5) is 17.3. The van der Waals surface area contributed by atoms with Gasteiger partial charge in [0, 0.05) is 36.5 Å². The number of hydrogen-bond donors (Lipinski definition) is 1. The molecule has 21 heavy (non-hydrogen) atoms. The molecule has 0 aliphatic carbocycles. The Balaban J connectivity index is 0.00000161. The molecular weight excluding hydrogens is 288 g/mol. The number of aryl methyl sites for hydroxylation is 1. The molecule has 0 saturated heterocycles. The third kappa shape index (κ3) is 2.55. The van der Waals surface area contributed by atoms with Gasteiger partial charge in [-0.2, -0.15) is 0 Å². The van der Waals surface area contributed by atoms with Crippen LogP contribution < -0.4 is 10.6 Å². The molecule has 0 fully saturated rings. The number of carbonyl (C=O) groups is 1. The Labute approximate surface area is 128 Å². The average molecular weight is 303 g/mol. The smallest absolute Gasteiger partial charge is 0.323 e. The molecule has 0 saturated carbocycles. The lowest BCUT2D eigenvalue weighted by molar-refractivity contribution is 0.256. The molecule has 2 N–H and O–H groups in total. The number of pyridine rings is 1. The Kier molecular flexibility index (Phi) is 4.14. The number of nitrogens with zero attached hydrogens (tertiary/aromatic N) is 3. The Bertz CT molecular complexity index is 770. The van der Waals surface area contributed by atoms with Gasteiger partial charge in [-0.05, 0) is 30.3 Å². The van der Waals surface area contributed by atoms with E-state index < -0.39 is 6.03 Å². The summed E-state index contributed by atoms with van der Waals surface area (Å²) < 4.78 is 2.00. The lowest BCUT2D eigenvalue weighted by Crippen LogP contribution is -2.31. The molecule has 0 radical (unpaired) electrons. The standard InChI is InChI=1S/C15H14N4O.ClH/c1-18-10-7-12-13(18)3-2-4-14(12)19(15(16)20)11-5-8-17-9-6-11;/h2-10H,1H3,(H2,16,20);1H. The van der Waals surface area contributed by atoms with Crippen molar-refractivity contribution in [2.24, 2.45) is 12.8 Å². The Morgan fingerprint density at radius 2 is 1.90 bits per heavy atom. The molecule has 108 valence electrons. The Morgan fingerprint density at radius 1 is 1.19 bits per heavy atom. The Hall–Kier alpha value is -2.53. The third-order valence-corrected chi connectivity index (χ3v) is 3.29. The van der Waals surface area contributed by atoms with Crippen LogP contribution in [-0.4, -0.2) is 15.6 Å². The molecule has 5 nitrogen and oxygen atoms in total. The molecule has 2 amide bonds. The van der Waals surface area contributed by atoms with Crippen LogP contribution in [0.25, 0.3) is 10.9 Å². The minimum Gasteiger partial charge on any atom is -0.351 e. The number of aromatic nitrogens is 2. The van der Waals surface area contributed by atoms with Crippen LogP contribution in [0.5, 0.6) is 0 Å². The van der Waals surface area contributed by atoms with E-state index in [1.54, 1.807) is 24.5 Å². The zero-order valence-corrected chi connectivity index (χ0v) is 12.2. The van der Waals surface area contributed by atoms with Crippen LogP contribution in [0.3, 0.4) is 0 Å². The monoisotopic (exact) mass is 302 g/mol. The van der Waals surface area contributed by atoms with Crippen LogP contribution >= 0.6 is 12.4 Å². The molecule has 0 unspecified atom stereocenters. The van der Waals surface area contributed by atoms with Gasteiger partial charge in [0.25, 0.3) is 0 Å². The first-order valence-corrected chi connectivity index (χ1v) is 6.22. The van der Waals surface area contributed by atoms with E-state index in [-0.39, 0.29) is 12.4 Å². The normalized spacial score (nSPS) is 10.1. The van der Waals surface area contributed by atoms with Gasteiger partial charge < -0.3 is 10.3 Å². The highest BCUT2D eigenvalue weighted by Crippen LogP contribution is 2.32. The quantitative estimate of drug-likeness (QED) is 0.790. The van der Waals surface area contributed by atoms with Crippen LogP contribution in [0, 0.1) is 0 Å². The molecule has 3 aromatic rings. The number of halogens is 1. The van der Waals surface area contributed by atoms with Crippen molar-refractivity contribution in [3.8, 4) is 0 Å². The van der Waals surface area contributed by atoms with E-state index >= 15 is 0 Å². The van der Waals surface area contributed by atoms with Crippen molar-refractivity contribution in [1.29, 1.82) is 0 Å². The van der Waals surface area contributed by atoms with Gasteiger partial charge in [-0.25, -0.2) is 4.79 Å². The van der Waals surface area contributed by atoms with Crippen LogP contribution in [0.2, 0.25) is 0 Å². The number of amides is 2. The lowest BCUT2D eigenvalue weighted by atomic mass is 10.2. The number of rotatable bonds is 2. The molecule has 0 atom stereocenters. The molecule has 0 bridgehead atoms. The van der Waals surface area contributed by atoms with Crippen molar-refractivity contribution in [2.75, 3.05) is 4.90 Å². The molecule has 2 aromatic heterocycles. The van der Waals surface area contributed by atoms with Gasteiger partial charge >= 0.3 is 6.03 Å². The van der Waals surface area contributed by atoms with Gasteiger partial charge in [-0.15, -0.1) is 12.4 Å². The van der Waals surface area contributed by atoms with Gasteiger partial charge in [0.1, 0.15) is 0 Å². The molecule has 0 aliphatic heterocycles. The number of hydrogen-bond acceptors (Lipinski definition) is 2. The number of fused-ring (bicyclic) bond motifs is 1. The molecule has 2 heterocycles. The molecule has 6 heteroatoms. The SMILES string of the molecule is Cl.Cn1ccc2c(N(C(N)=O)c3ccncc3)cccc21. The van der Waals surface area contributed by atoms with Crippen LogP contribution in [0.1, 0.15) is 0 Å². The average Bonchev–Trinajstić information content (AvgIpc) is 2.83. The van der Waals surface area contributed by atoms with E-state index in [9.17, 15) is 4.79 Å². The van der Waals surface area contributed by atoms with Crippen molar-refractivity contribution in [3.05, 3.63) is 55.0 Å². The summed E-state index contributed by atoms with van der Waals surface area (Å²) in [5.41, 5.74) is 8.07. The van der Waals surface area contributed by atoms with Gasteiger partial charge in [0.05, 0.1) is 11.4 Å². The first-order chi connectivity index (χ1) is 9.68. The van der Waals surface area contributed by atoms with E-state index in [1.807, 2.05) is 42.1 Å². The highest BCUT2D eigenvalue weighted by atomic mass is 35.5. The number of carbonyl (C=O) groups excluding carboxylic acids is 1. The summed E-state index contributed by atoms with van der Waals surface area (Å²) in [6, 6.07) is 10.8. The van der Waals surface area contributed by atoms with E-state index in [0.29, 0.717) is 5.69 Å². The fraction of sp³-hybridized carbons (Fsp3) is 0.0667. The highest BCUT2D eigenvalue weighted by molar-refractivity contribution is 6.06. The Morgan fingerprint density at radius 3 is 2.57 bits per heavy atom. The maximum absolute atomic E-state index is 11.9. The zero-order valence-electron chi connectivity index (χ0n) is 11.4. The largest absolute Gasteiger partial charge is 0.351 e. The predicted octanol–water partition coefficient (Wildman–Crippen LogP) is 3.21. The van der Waals surface area contributed by atoms with Crippen LogP contribution in [-0.2, 0) is 7.05 Å². The lowest BCUT2D eigenvalue weighted by Gasteiger charge is -2.21. The van der Waals surface area contributed by atoms with E-state index in [4.69, 9.17) is 5.73 Å². The third-order valence-electron chi connectivity index (χ3n) is 3.29. The summed E-state index contributed by atoms with van der Waals surface area (Å²) in [5.74, 6) is 0. The second-order valence-electron chi connectivity index (χ2n) is 4.52. The first-order valence-electron chi connectivity index (χ1n) is 6.22. The summed E-state index contributed by atoms with van der Waals surface area (Å²) in [7, 11) is 1.97. The van der Waals surface area contributed by atoms with Crippen molar-refractivity contribution in [1.82, 2.24) is 9.55 Å². The van der Waals surface area contributed by atoms with Gasteiger partial charge in [0.2, 0.25) is 0 Å². The van der Waals surface area contributed by atoms with E-state index in [2.05, 4.69) is 4.98 Å². The van der Waals surface area contributed by atoms with Crippen molar-refractivity contribution in [2.45, 2.75) is 0 Å². The van der Waals surface area contributed by atoms with Gasteiger partial charge in [0.15, 0.2) is 0 Å². The van der Waals surface area contributed by atoms with Crippen LogP contribution in [0.15, 0.2) is 55.0 Å². The van der Waals surface area contributed by atoms with E-state index in [0.717, 1.165) is 16.6 Å². The minimum absolute atomic E-state index is 0. The molecular formula is C15H15ClN4O. The second kappa shape index (κ2) is 5.85. The zero-order chi connectivity index (χ0) is 14.1. The molecule has 0 spiro atoms. The minimum atomic E-state index is -0.521. The summed E-state index contributed by atoms with van der Waals surface area (Å²) in [6.45, 7) is 0. The topological polar surface area (TPSA) is 64.2 Å². The summed E-state index contributed by atoms with van der Waals surface area (Å²) >= 11 is 0. The summed E-state index contributed by atoms with van der Waals surface area (Å²) in [5, 5.41) is 0.977. The fourth-order valence-corrected chi connectivity index (χ4v) is 2.36. The van der Waals surface area contributed by atoms with Crippen molar-refractivity contribution < 1.29 is 4.79 Å². The number of benzene rings is 1. The van der Waals surface area contributed by atoms with Crippen LogP contribution in [0.4, 0.5) is 16.2 Å². The number of primary amides is 1. The number of nitrogens with two attached hydrogens (primary N) is 1. The fourth-order valence-electron chi connectivity index (χ4n) is 2.36.